The Labute approximate surface area is 95.4 Å². The molecule has 1 aromatic rings. The van der Waals surface area contributed by atoms with Crippen LogP contribution in [0.4, 0.5) is 11.6 Å². The summed E-state index contributed by atoms with van der Waals surface area (Å²) in [6.45, 7) is 3.32. The highest BCUT2D eigenvalue weighted by Crippen LogP contribution is 2.05. The maximum atomic E-state index is 11.3. The van der Waals surface area contributed by atoms with E-state index in [1.807, 2.05) is 19.1 Å². The average molecular weight is 222 g/mol. The number of carbonyl (C=O) groups is 1. The molecule has 0 atom stereocenters. The number of hydrogen-bond donors (Lipinski definition) is 3. The molecule has 0 saturated carbocycles. The van der Waals surface area contributed by atoms with Crippen LogP contribution in [0, 0.1) is 0 Å². The van der Waals surface area contributed by atoms with E-state index in [4.69, 9.17) is 5.73 Å². The van der Waals surface area contributed by atoms with E-state index in [0.29, 0.717) is 24.6 Å². The quantitative estimate of drug-likeness (QED) is 0.670. The maximum absolute atomic E-state index is 11.3. The van der Waals surface area contributed by atoms with Crippen LogP contribution in [0.1, 0.15) is 19.8 Å². The first kappa shape index (κ1) is 12.3. The van der Waals surface area contributed by atoms with Crippen LogP contribution in [0.3, 0.4) is 0 Å². The molecule has 0 bridgehead atoms. The van der Waals surface area contributed by atoms with Crippen molar-refractivity contribution in [3.05, 3.63) is 18.2 Å². The van der Waals surface area contributed by atoms with Crippen LogP contribution in [0.2, 0.25) is 0 Å². The van der Waals surface area contributed by atoms with E-state index in [-0.39, 0.29) is 5.91 Å². The summed E-state index contributed by atoms with van der Waals surface area (Å²) in [5.41, 5.74) is 5.53. The average Bonchev–Trinajstić information content (AvgIpc) is 2.26. The lowest BCUT2D eigenvalue weighted by Gasteiger charge is -2.06. The van der Waals surface area contributed by atoms with Gasteiger partial charge >= 0.3 is 0 Å². The van der Waals surface area contributed by atoms with Gasteiger partial charge < -0.3 is 16.4 Å². The third kappa shape index (κ3) is 4.63. The molecule has 16 heavy (non-hydrogen) atoms. The van der Waals surface area contributed by atoms with Crippen molar-refractivity contribution >= 4 is 17.5 Å². The van der Waals surface area contributed by atoms with Crippen molar-refractivity contribution in [2.45, 2.75) is 19.8 Å². The van der Waals surface area contributed by atoms with Gasteiger partial charge in [-0.1, -0.05) is 13.0 Å². The largest absolute Gasteiger partial charge is 0.384 e. The molecule has 0 aliphatic rings. The summed E-state index contributed by atoms with van der Waals surface area (Å²) in [5.74, 6) is 1.22. The predicted octanol–water partition coefficient (Wildman–Crippen LogP) is 0.992. The topological polar surface area (TPSA) is 80.0 Å². The van der Waals surface area contributed by atoms with Crippen LogP contribution >= 0.6 is 0 Å². The first-order valence-electron chi connectivity index (χ1n) is 5.45. The Bertz CT molecular complexity index is 341. The Morgan fingerprint density at radius 3 is 2.94 bits per heavy atom. The second-order valence-corrected chi connectivity index (χ2v) is 3.47. The Morgan fingerprint density at radius 2 is 2.25 bits per heavy atom. The SMILES string of the molecule is CCCNC(=O)CCNc1cccc(N)n1. The molecule has 0 aliphatic carbocycles. The molecule has 1 amide bonds. The van der Waals surface area contributed by atoms with E-state index in [1.165, 1.54) is 0 Å². The number of hydrogen-bond acceptors (Lipinski definition) is 4. The predicted molar refractivity (Wildman–Crippen MR) is 65.1 cm³/mol. The second-order valence-electron chi connectivity index (χ2n) is 3.47. The Balaban J connectivity index is 2.22. The van der Waals surface area contributed by atoms with Crippen molar-refractivity contribution in [3.8, 4) is 0 Å². The lowest BCUT2D eigenvalue weighted by molar-refractivity contribution is -0.120. The summed E-state index contributed by atoms with van der Waals surface area (Å²) in [7, 11) is 0. The van der Waals surface area contributed by atoms with Gasteiger partial charge in [0.25, 0.3) is 0 Å². The van der Waals surface area contributed by atoms with E-state index in [0.717, 1.165) is 13.0 Å². The fraction of sp³-hybridized carbons (Fsp3) is 0.455. The van der Waals surface area contributed by atoms with E-state index in [2.05, 4.69) is 15.6 Å². The van der Waals surface area contributed by atoms with Gasteiger partial charge in [-0.25, -0.2) is 4.98 Å². The van der Waals surface area contributed by atoms with Gasteiger partial charge in [0.05, 0.1) is 0 Å². The molecule has 1 rings (SSSR count). The molecule has 0 aromatic carbocycles. The number of pyridine rings is 1. The van der Waals surface area contributed by atoms with Crippen LogP contribution in [0.15, 0.2) is 18.2 Å². The van der Waals surface area contributed by atoms with Gasteiger partial charge in [-0.05, 0) is 18.6 Å². The normalized spacial score (nSPS) is 9.81. The number of carbonyl (C=O) groups excluding carboxylic acids is 1. The van der Waals surface area contributed by atoms with Crippen LogP contribution in [-0.2, 0) is 4.79 Å². The lowest BCUT2D eigenvalue weighted by atomic mass is 10.3. The number of rotatable bonds is 6. The first-order valence-corrected chi connectivity index (χ1v) is 5.45. The highest BCUT2D eigenvalue weighted by molar-refractivity contribution is 5.76. The molecule has 5 nitrogen and oxygen atoms in total. The van der Waals surface area contributed by atoms with Crippen molar-refractivity contribution < 1.29 is 4.79 Å². The number of anilines is 2. The third-order valence-electron chi connectivity index (χ3n) is 2.00. The number of nitrogens with two attached hydrogens (primary N) is 1. The van der Waals surface area contributed by atoms with Crippen LogP contribution in [0.5, 0.6) is 0 Å². The van der Waals surface area contributed by atoms with Crippen LogP contribution in [0.25, 0.3) is 0 Å². The van der Waals surface area contributed by atoms with Crippen molar-refractivity contribution in [3.63, 3.8) is 0 Å². The number of aromatic nitrogens is 1. The highest BCUT2D eigenvalue weighted by Gasteiger charge is 1.99. The molecular formula is C11H18N4O. The van der Waals surface area contributed by atoms with Crippen molar-refractivity contribution in [2.24, 2.45) is 0 Å². The highest BCUT2D eigenvalue weighted by atomic mass is 16.1. The number of amides is 1. The smallest absolute Gasteiger partial charge is 0.221 e. The summed E-state index contributed by atoms with van der Waals surface area (Å²) in [5, 5.41) is 5.85. The molecule has 0 fully saturated rings. The summed E-state index contributed by atoms with van der Waals surface area (Å²) >= 11 is 0. The van der Waals surface area contributed by atoms with Crippen LogP contribution < -0.4 is 16.4 Å². The number of nitrogens with zero attached hydrogens (tertiary/aromatic N) is 1. The maximum Gasteiger partial charge on any atom is 0.221 e. The summed E-state index contributed by atoms with van der Waals surface area (Å²) in [6.07, 6.45) is 1.40. The fourth-order valence-corrected chi connectivity index (χ4v) is 1.21. The van der Waals surface area contributed by atoms with E-state index in [9.17, 15) is 4.79 Å². The second kappa shape index (κ2) is 6.66. The molecule has 0 saturated heterocycles. The Morgan fingerprint density at radius 1 is 1.44 bits per heavy atom. The van der Waals surface area contributed by atoms with Gasteiger partial charge in [0.2, 0.25) is 5.91 Å². The molecule has 5 heteroatoms. The van der Waals surface area contributed by atoms with Gasteiger partial charge in [0.1, 0.15) is 11.6 Å². The Hall–Kier alpha value is -1.78. The summed E-state index contributed by atoms with van der Waals surface area (Å²) in [4.78, 5) is 15.3. The minimum Gasteiger partial charge on any atom is -0.384 e. The molecular weight excluding hydrogens is 204 g/mol. The molecule has 0 aliphatic heterocycles. The van der Waals surface area contributed by atoms with Crippen molar-refractivity contribution in [1.82, 2.24) is 10.3 Å². The van der Waals surface area contributed by atoms with E-state index >= 15 is 0 Å². The minimum atomic E-state index is 0.0539. The van der Waals surface area contributed by atoms with Gasteiger partial charge in [-0.15, -0.1) is 0 Å². The third-order valence-corrected chi connectivity index (χ3v) is 2.00. The monoisotopic (exact) mass is 222 g/mol. The van der Waals surface area contributed by atoms with Crippen molar-refractivity contribution in [2.75, 3.05) is 24.1 Å². The zero-order chi connectivity index (χ0) is 11.8. The summed E-state index contributed by atoms with van der Waals surface area (Å²) in [6, 6.07) is 5.36. The van der Waals surface area contributed by atoms with Crippen molar-refractivity contribution in [1.29, 1.82) is 0 Å². The molecule has 0 spiro atoms. The minimum absolute atomic E-state index is 0.0539. The molecule has 1 heterocycles. The molecule has 1 aromatic heterocycles. The van der Waals surface area contributed by atoms with E-state index < -0.39 is 0 Å². The van der Waals surface area contributed by atoms with Gasteiger partial charge in [-0.3, -0.25) is 4.79 Å². The van der Waals surface area contributed by atoms with Gasteiger partial charge in [0.15, 0.2) is 0 Å². The number of nitrogens with one attached hydrogen (secondary N) is 2. The molecule has 0 radical (unpaired) electrons. The zero-order valence-corrected chi connectivity index (χ0v) is 9.49. The zero-order valence-electron chi connectivity index (χ0n) is 9.49. The van der Waals surface area contributed by atoms with E-state index in [1.54, 1.807) is 6.07 Å². The summed E-state index contributed by atoms with van der Waals surface area (Å²) < 4.78 is 0. The fourth-order valence-electron chi connectivity index (χ4n) is 1.21. The van der Waals surface area contributed by atoms with Gasteiger partial charge in [-0.2, -0.15) is 0 Å². The molecule has 4 N–H and O–H groups in total. The molecule has 88 valence electrons. The first-order chi connectivity index (χ1) is 7.72. The number of nitrogen functional groups attached to an aromatic ring is 1. The molecule has 0 unspecified atom stereocenters. The lowest BCUT2D eigenvalue weighted by Crippen LogP contribution is -2.25. The standard InChI is InChI=1S/C11H18N4O/c1-2-7-14-11(16)6-8-13-10-5-3-4-9(12)15-10/h3-5H,2,6-8H2,1H3,(H,14,16)(H3,12,13,15). The van der Waals surface area contributed by atoms with Crippen LogP contribution in [-0.4, -0.2) is 24.0 Å². The Kier molecular flexibility index (Phi) is 5.11. The van der Waals surface area contributed by atoms with Gasteiger partial charge in [0, 0.05) is 19.5 Å².